The van der Waals surface area contributed by atoms with Crippen molar-refractivity contribution in [2.24, 2.45) is 5.73 Å². The second-order valence-corrected chi connectivity index (χ2v) is 8.48. The van der Waals surface area contributed by atoms with Crippen LogP contribution in [0.15, 0.2) is 77.5 Å². The number of non-ortho nitro benzene ring substituents is 1. The first-order valence-corrected chi connectivity index (χ1v) is 10.6. The number of amides is 1. The second kappa shape index (κ2) is 8.98. The summed E-state index contributed by atoms with van der Waals surface area (Å²) in [6.45, 7) is 1.56. The summed E-state index contributed by atoms with van der Waals surface area (Å²) in [5.41, 5.74) is 6.07. The first-order valence-electron chi connectivity index (χ1n) is 9.09. The summed E-state index contributed by atoms with van der Waals surface area (Å²) in [7, 11) is -3.88. The standard InChI is InChI=1S/C20H20N4O6S/c1-14-5-8-18(9-6-14)31(28,29)22-20-10-7-17(12-23(20)13-19(21)25)30-16-4-2-3-15(11-16)24(26)27/h2-12,20,22H,13H2,1H3,(H2,21,25). The van der Waals surface area contributed by atoms with E-state index < -0.39 is 27.0 Å². The molecule has 0 spiro atoms. The van der Waals surface area contributed by atoms with E-state index in [1.54, 1.807) is 12.1 Å². The lowest BCUT2D eigenvalue weighted by atomic mass is 10.2. The number of nitrogens with one attached hydrogen (secondary N) is 1. The van der Waals surface area contributed by atoms with Gasteiger partial charge in [0.25, 0.3) is 5.69 Å². The van der Waals surface area contributed by atoms with Gasteiger partial charge in [-0.3, -0.25) is 14.9 Å². The predicted octanol–water partition coefficient (Wildman–Crippen LogP) is 1.79. The van der Waals surface area contributed by atoms with Crippen molar-refractivity contribution in [3.63, 3.8) is 0 Å². The lowest BCUT2D eigenvalue weighted by Gasteiger charge is -2.31. The molecule has 162 valence electrons. The molecule has 1 aliphatic rings. The zero-order valence-electron chi connectivity index (χ0n) is 16.5. The van der Waals surface area contributed by atoms with Crippen LogP contribution in [0.3, 0.4) is 0 Å². The van der Waals surface area contributed by atoms with Crippen LogP contribution in [0, 0.1) is 17.0 Å². The highest BCUT2D eigenvalue weighted by molar-refractivity contribution is 7.89. The number of nitrogens with two attached hydrogens (primary N) is 1. The van der Waals surface area contributed by atoms with Crippen LogP contribution < -0.4 is 15.2 Å². The molecule has 31 heavy (non-hydrogen) atoms. The Morgan fingerprint density at radius 1 is 1.26 bits per heavy atom. The lowest BCUT2D eigenvalue weighted by Crippen LogP contribution is -2.48. The van der Waals surface area contributed by atoms with Crippen molar-refractivity contribution in [3.05, 3.63) is 88.3 Å². The third-order valence-corrected chi connectivity index (χ3v) is 5.75. The number of nitro benzene ring substituents is 1. The van der Waals surface area contributed by atoms with Crippen molar-refractivity contribution in [2.75, 3.05) is 6.54 Å². The fourth-order valence-corrected chi connectivity index (χ4v) is 3.98. The van der Waals surface area contributed by atoms with Gasteiger partial charge in [-0.2, -0.15) is 4.72 Å². The number of benzene rings is 2. The van der Waals surface area contributed by atoms with Crippen LogP contribution in [-0.4, -0.2) is 36.9 Å². The minimum Gasteiger partial charge on any atom is -0.456 e. The van der Waals surface area contributed by atoms with Crippen LogP contribution in [-0.2, 0) is 14.8 Å². The number of rotatable bonds is 8. The summed E-state index contributed by atoms with van der Waals surface area (Å²) in [6, 6.07) is 11.9. The first-order chi connectivity index (χ1) is 14.6. The number of primary amides is 1. The number of nitrogens with zero attached hydrogens (tertiary/aromatic N) is 2. The average molecular weight is 444 g/mol. The van der Waals surface area contributed by atoms with Crippen molar-refractivity contribution in [1.29, 1.82) is 0 Å². The van der Waals surface area contributed by atoms with Crippen molar-refractivity contribution in [2.45, 2.75) is 18.0 Å². The molecule has 2 aromatic rings. The smallest absolute Gasteiger partial charge is 0.273 e. The van der Waals surface area contributed by atoms with E-state index >= 15 is 0 Å². The Kier molecular flexibility index (Phi) is 6.37. The predicted molar refractivity (Wildman–Crippen MR) is 112 cm³/mol. The highest BCUT2D eigenvalue weighted by Crippen LogP contribution is 2.23. The maximum absolute atomic E-state index is 12.7. The Morgan fingerprint density at radius 3 is 2.61 bits per heavy atom. The van der Waals surface area contributed by atoms with Crippen LogP contribution in [0.4, 0.5) is 5.69 Å². The van der Waals surface area contributed by atoms with Crippen molar-refractivity contribution in [3.8, 4) is 5.75 Å². The number of nitro groups is 1. The van der Waals surface area contributed by atoms with E-state index in [9.17, 15) is 23.3 Å². The van der Waals surface area contributed by atoms with Crippen molar-refractivity contribution < 1.29 is 22.9 Å². The number of aryl methyl sites for hydroxylation is 1. The van der Waals surface area contributed by atoms with E-state index in [1.807, 2.05) is 6.92 Å². The number of sulfonamides is 1. The minimum absolute atomic E-state index is 0.0770. The molecule has 0 bridgehead atoms. The van der Waals surface area contributed by atoms with Gasteiger partial charge in [0.1, 0.15) is 17.7 Å². The molecular weight excluding hydrogens is 424 g/mol. The van der Waals surface area contributed by atoms with E-state index in [0.717, 1.165) is 5.56 Å². The van der Waals surface area contributed by atoms with Crippen molar-refractivity contribution in [1.82, 2.24) is 9.62 Å². The van der Waals surface area contributed by atoms with Gasteiger partial charge in [-0.15, -0.1) is 0 Å². The summed E-state index contributed by atoms with van der Waals surface area (Å²) in [5.74, 6) is -0.226. The molecule has 0 saturated carbocycles. The van der Waals surface area contributed by atoms with Gasteiger partial charge in [-0.05, 0) is 37.3 Å². The minimum atomic E-state index is -3.88. The lowest BCUT2D eigenvalue weighted by molar-refractivity contribution is -0.384. The molecule has 1 heterocycles. The summed E-state index contributed by atoms with van der Waals surface area (Å²) < 4.78 is 33.6. The average Bonchev–Trinajstić information content (AvgIpc) is 2.70. The Morgan fingerprint density at radius 2 is 1.97 bits per heavy atom. The second-order valence-electron chi connectivity index (χ2n) is 6.76. The summed E-state index contributed by atoms with van der Waals surface area (Å²) in [5, 5.41) is 10.9. The number of carbonyl (C=O) groups is 1. The molecule has 0 aromatic heterocycles. The molecule has 1 amide bonds. The van der Waals surface area contributed by atoms with E-state index in [-0.39, 0.29) is 28.6 Å². The molecule has 0 saturated heterocycles. The van der Waals surface area contributed by atoms with E-state index in [4.69, 9.17) is 10.5 Å². The van der Waals surface area contributed by atoms with E-state index in [2.05, 4.69) is 4.72 Å². The van der Waals surface area contributed by atoms with Gasteiger partial charge in [0.05, 0.1) is 22.4 Å². The van der Waals surface area contributed by atoms with Crippen LogP contribution in [0.5, 0.6) is 5.75 Å². The first kappa shape index (κ1) is 22.0. The highest BCUT2D eigenvalue weighted by Gasteiger charge is 2.25. The van der Waals surface area contributed by atoms with Crippen molar-refractivity contribution >= 4 is 21.6 Å². The van der Waals surface area contributed by atoms with Crippen LogP contribution >= 0.6 is 0 Å². The largest absolute Gasteiger partial charge is 0.456 e. The van der Waals surface area contributed by atoms with Gasteiger partial charge in [0.2, 0.25) is 15.9 Å². The summed E-state index contributed by atoms with van der Waals surface area (Å²) >= 11 is 0. The van der Waals surface area contributed by atoms with Gasteiger partial charge in [-0.25, -0.2) is 8.42 Å². The Labute approximate surface area is 178 Å². The quantitative estimate of drug-likeness (QED) is 0.466. The van der Waals surface area contributed by atoms with Crippen LogP contribution in [0.25, 0.3) is 0 Å². The number of ether oxygens (including phenoxy) is 1. The summed E-state index contributed by atoms with van der Waals surface area (Å²) in [6.07, 6.45) is 3.50. The van der Waals surface area contributed by atoms with Gasteiger partial charge in [0.15, 0.2) is 0 Å². The molecule has 1 atom stereocenters. The molecule has 0 aliphatic carbocycles. The van der Waals surface area contributed by atoms with Gasteiger partial charge in [-0.1, -0.05) is 23.8 Å². The third-order valence-electron chi connectivity index (χ3n) is 4.30. The Hall–Kier alpha value is -3.70. The molecule has 3 N–H and O–H groups in total. The molecular formula is C20H20N4O6S. The normalized spacial score (nSPS) is 16.0. The number of hydrogen-bond acceptors (Lipinski definition) is 7. The molecule has 10 nitrogen and oxygen atoms in total. The fraction of sp³-hybridized carbons (Fsp3) is 0.150. The number of carbonyl (C=O) groups excluding carboxylic acids is 1. The fourth-order valence-electron chi connectivity index (χ4n) is 2.82. The van der Waals surface area contributed by atoms with E-state index in [0.29, 0.717) is 0 Å². The number of allylic oxidation sites excluding steroid dienone is 1. The van der Waals surface area contributed by atoms with Crippen LogP contribution in [0.1, 0.15) is 5.56 Å². The topological polar surface area (TPSA) is 145 Å². The number of hydrogen-bond donors (Lipinski definition) is 2. The monoisotopic (exact) mass is 444 g/mol. The molecule has 3 rings (SSSR count). The molecule has 1 unspecified atom stereocenters. The van der Waals surface area contributed by atoms with Gasteiger partial charge in [0, 0.05) is 12.3 Å². The van der Waals surface area contributed by atoms with E-state index in [1.165, 1.54) is 59.7 Å². The zero-order chi connectivity index (χ0) is 22.6. The molecule has 11 heteroatoms. The third kappa shape index (κ3) is 5.68. The highest BCUT2D eigenvalue weighted by atomic mass is 32.2. The zero-order valence-corrected chi connectivity index (χ0v) is 17.3. The summed E-state index contributed by atoms with van der Waals surface area (Å²) in [4.78, 5) is 23.3. The van der Waals surface area contributed by atoms with Crippen LogP contribution in [0.2, 0.25) is 0 Å². The van der Waals surface area contributed by atoms with Gasteiger partial charge >= 0.3 is 0 Å². The maximum Gasteiger partial charge on any atom is 0.273 e. The Bertz CT molecular complexity index is 1160. The SMILES string of the molecule is Cc1ccc(S(=O)(=O)NC2C=CC(Oc3cccc([N+](=O)[O-])c3)=CN2CC(N)=O)cc1. The Balaban J connectivity index is 1.81. The maximum atomic E-state index is 12.7. The molecule has 1 aliphatic heterocycles. The van der Waals surface area contributed by atoms with Gasteiger partial charge < -0.3 is 15.4 Å². The molecule has 2 aromatic carbocycles. The molecule has 0 radical (unpaired) electrons. The molecule has 0 fully saturated rings.